The molecule has 0 saturated heterocycles. The van der Waals surface area contributed by atoms with Gasteiger partial charge in [-0.2, -0.15) is 0 Å². The lowest BCUT2D eigenvalue weighted by molar-refractivity contribution is 0.301. The molecule has 0 radical (unpaired) electrons. The molecule has 0 saturated carbocycles. The van der Waals surface area contributed by atoms with Gasteiger partial charge in [0, 0.05) is 45.7 Å². The van der Waals surface area contributed by atoms with Gasteiger partial charge in [0.2, 0.25) is 0 Å². The Morgan fingerprint density at radius 2 is 1.89 bits per heavy atom. The molecule has 100 valence electrons. The molecule has 0 N–H and O–H groups in total. The molecule has 1 aromatic rings. The van der Waals surface area contributed by atoms with Crippen molar-refractivity contribution >= 4 is 15.5 Å². The zero-order valence-corrected chi connectivity index (χ0v) is 12.0. The molecule has 1 aromatic carbocycles. The third kappa shape index (κ3) is 3.23. The van der Waals surface area contributed by atoms with Crippen molar-refractivity contribution in [1.82, 2.24) is 4.90 Å². The second-order valence-corrected chi connectivity index (χ2v) is 7.45. The molecule has 0 aromatic heterocycles. The van der Waals surface area contributed by atoms with Crippen molar-refractivity contribution < 1.29 is 8.42 Å². The fourth-order valence-corrected chi connectivity index (χ4v) is 2.77. The van der Waals surface area contributed by atoms with E-state index >= 15 is 0 Å². The van der Waals surface area contributed by atoms with Crippen molar-refractivity contribution in [3.63, 3.8) is 0 Å². The van der Waals surface area contributed by atoms with Gasteiger partial charge < -0.3 is 4.90 Å². The highest BCUT2D eigenvalue weighted by Crippen LogP contribution is 2.26. The van der Waals surface area contributed by atoms with Crippen LogP contribution in [0.1, 0.15) is 11.1 Å². The van der Waals surface area contributed by atoms with Gasteiger partial charge in [0.25, 0.3) is 0 Å². The first-order valence-corrected chi connectivity index (χ1v) is 8.10. The monoisotopic (exact) mass is 268 g/mol. The average molecular weight is 268 g/mol. The summed E-state index contributed by atoms with van der Waals surface area (Å²) in [4.78, 5) is 4.27. The minimum absolute atomic E-state index is 0.238. The van der Waals surface area contributed by atoms with Gasteiger partial charge in [0.1, 0.15) is 9.84 Å². The van der Waals surface area contributed by atoms with Gasteiger partial charge >= 0.3 is 0 Å². The Hall–Kier alpha value is -1.07. The normalized spacial score (nSPS) is 15.7. The molecule has 0 bridgehead atoms. The Kier molecular flexibility index (Phi) is 3.64. The summed E-state index contributed by atoms with van der Waals surface area (Å²) in [5.41, 5.74) is 3.82. The van der Waals surface area contributed by atoms with Gasteiger partial charge in [0.05, 0.1) is 5.75 Å². The van der Waals surface area contributed by atoms with Crippen molar-refractivity contribution in [3.05, 3.63) is 29.3 Å². The molecule has 2 rings (SSSR count). The van der Waals surface area contributed by atoms with Crippen LogP contribution in [-0.4, -0.2) is 46.0 Å². The van der Waals surface area contributed by atoms with E-state index in [1.807, 2.05) is 14.1 Å². The minimum Gasteiger partial charge on any atom is -0.378 e. The standard InChI is InChI=1S/C13H20N2O2S/c1-14(2)13-5-4-11-9-15(10-12(11)8-13)6-7-18(3,16)17/h4-5,8H,6-7,9-10H2,1-3H3. The molecule has 5 heteroatoms. The Bertz CT molecular complexity index is 538. The quantitative estimate of drug-likeness (QED) is 0.820. The van der Waals surface area contributed by atoms with Gasteiger partial charge in [0.15, 0.2) is 0 Å². The van der Waals surface area contributed by atoms with Crippen molar-refractivity contribution in [2.75, 3.05) is 37.5 Å². The zero-order valence-electron chi connectivity index (χ0n) is 11.2. The number of nitrogens with zero attached hydrogens (tertiary/aromatic N) is 2. The lowest BCUT2D eigenvalue weighted by atomic mass is 10.1. The third-order valence-electron chi connectivity index (χ3n) is 3.27. The summed E-state index contributed by atoms with van der Waals surface area (Å²) in [5, 5.41) is 0. The fourth-order valence-electron chi connectivity index (χ4n) is 2.18. The summed E-state index contributed by atoms with van der Waals surface area (Å²) in [6.45, 7) is 2.33. The van der Waals surface area contributed by atoms with Crippen LogP contribution < -0.4 is 4.90 Å². The van der Waals surface area contributed by atoms with Crippen LogP contribution >= 0.6 is 0 Å². The number of anilines is 1. The molecule has 0 unspecified atom stereocenters. The summed E-state index contributed by atoms with van der Waals surface area (Å²) in [6, 6.07) is 6.44. The van der Waals surface area contributed by atoms with E-state index in [0.29, 0.717) is 6.54 Å². The number of sulfone groups is 1. The molecule has 0 spiro atoms. The molecule has 1 aliphatic rings. The maximum atomic E-state index is 11.2. The molecule has 1 aliphatic heterocycles. The molecular weight excluding hydrogens is 248 g/mol. The SMILES string of the molecule is CN(C)c1ccc2c(c1)CN(CCS(C)(=O)=O)C2. The predicted octanol–water partition coefficient (Wildman–Crippen LogP) is 1.11. The molecule has 0 amide bonds. The maximum absolute atomic E-state index is 11.2. The van der Waals surface area contributed by atoms with Gasteiger partial charge in [-0.1, -0.05) is 6.07 Å². The van der Waals surface area contributed by atoms with E-state index in [1.54, 1.807) is 0 Å². The molecule has 0 aliphatic carbocycles. The van der Waals surface area contributed by atoms with Crippen molar-refractivity contribution in [1.29, 1.82) is 0 Å². The van der Waals surface area contributed by atoms with Gasteiger partial charge in [-0.3, -0.25) is 4.90 Å². The average Bonchev–Trinajstić information content (AvgIpc) is 2.66. The molecule has 0 fully saturated rings. The van der Waals surface area contributed by atoms with Crippen LogP contribution in [0.25, 0.3) is 0 Å². The van der Waals surface area contributed by atoms with Crippen LogP contribution in [0.15, 0.2) is 18.2 Å². The van der Waals surface area contributed by atoms with Gasteiger partial charge in [-0.25, -0.2) is 8.42 Å². The van der Waals surface area contributed by atoms with Crippen LogP contribution in [0.5, 0.6) is 0 Å². The number of hydrogen-bond donors (Lipinski definition) is 0. The van der Waals surface area contributed by atoms with E-state index in [0.717, 1.165) is 13.1 Å². The largest absolute Gasteiger partial charge is 0.378 e. The van der Waals surface area contributed by atoms with Crippen molar-refractivity contribution in [3.8, 4) is 0 Å². The number of rotatable bonds is 4. The minimum atomic E-state index is -2.87. The third-order valence-corrected chi connectivity index (χ3v) is 4.20. The van der Waals surface area contributed by atoms with Crippen LogP contribution in [0, 0.1) is 0 Å². The highest BCUT2D eigenvalue weighted by Gasteiger charge is 2.20. The Balaban J connectivity index is 2.04. The molecular formula is C13H20N2O2S. The second kappa shape index (κ2) is 4.90. The van der Waals surface area contributed by atoms with E-state index in [-0.39, 0.29) is 5.75 Å². The summed E-state index contributed by atoms with van der Waals surface area (Å²) in [7, 11) is 1.18. The topological polar surface area (TPSA) is 40.6 Å². The second-order valence-electron chi connectivity index (χ2n) is 5.19. The van der Waals surface area contributed by atoms with Crippen molar-refractivity contribution in [2.24, 2.45) is 0 Å². The Morgan fingerprint density at radius 1 is 1.22 bits per heavy atom. The summed E-state index contributed by atoms with van der Waals surface area (Å²) < 4.78 is 22.3. The van der Waals surface area contributed by atoms with E-state index in [4.69, 9.17) is 0 Å². The first-order chi connectivity index (χ1) is 8.35. The molecule has 18 heavy (non-hydrogen) atoms. The lowest BCUT2D eigenvalue weighted by Crippen LogP contribution is -2.24. The van der Waals surface area contributed by atoms with E-state index in [1.165, 1.54) is 23.1 Å². The lowest BCUT2D eigenvalue weighted by Gasteiger charge is -2.14. The van der Waals surface area contributed by atoms with Crippen LogP contribution in [-0.2, 0) is 22.9 Å². The first-order valence-electron chi connectivity index (χ1n) is 6.04. The number of hydrogen-bond acceptors (Lipinski definition) is 4. The van der Waals surface area contributed by atoms with Crippen LogP contribution in [0.2, 0.25) is 0 Å². The van der Waals surface area contributed by atoms with Gasteiger partial charge in [-0.05, 0) is 23.3 Å². The summed E-state index contributed by atoms with van der Waals surface area (Å²) in [6.07, 6.45) is 1.29. The smallest absolute Gasteiger partial charge is 0.148 e. The number of fused-ring (bicyclic) bond motifs is 1. The van der Waals surface area contributed by atoms with E-state index < -0.39 is 9.84 Å². The Morgan fingerprint density at radius 3 is 2.50 bits per heavy atom. The highest BCUT2D eigenvalue weighted by molar-refractivity contribution is 7.90. The van der Waals surface area contributed by atoms with E-state index in [9.17, 15) is 8.42 Å². The number of benzene rings is 1. The molecule has 4 nitrogen and oxygen atoms in total. The summed E-state index contributed by atoms with van der Waals surface area (Å²) in [5.74, 6) is 0.238. The molecule has 0 atom stereocenters. The fraction of sp³-hybridized carbons (Fsp3) is 0.538. The Labute approximate surface area is 109 Å². The maximum Gasteiger partial charge on any atom is 0.148 e. The van der Waals surface area contributed by atoms with Crippen LogP contribution in [0.4, 0.5) is 5.69 Å². The van der Waals surface area contributed by atoms with Gasteiger partial charge in [-0.15, -0.1) is 0 Å². The zero-order chi connectivity index (χ0) is 13.3. The van der Waals surface area contributed by atoms with E-state index in [2.05, 4.69) is 28.0 Å². The summed E-state index contributed by atoms with van der Waals surface area (Å²) >= 11 is 0. The predicted molar refractivity (Wildman–Crippen MR) is 74.6 cm³/mol. The molecule has 1 heterocycles. The van der Waals surface area contributed by atoms with Crippen LogP contribution in [0.3, 0.4) is 0 Å². The van der Waals surface area contributed by atoms with Crippen molar-refractivity contribution in [2.45, 2.75) is 13.1 Å². The highest BCUT2D eigenvalue weighted by atomic mass is 32.2. The first kappa shape index (κ1) is 13.4.